The molecule has 146 valence electrons. The number of anilines is 1. The molecule has 29 heavy (non-hydrogen) atoms. The van der Waals surface area contributed by atoms with Crippen LogP contribution >= 0.6 is 0 Å². The van der Waals surface area contributed by atoms with Gasteiger partial charge in [0.2, 0.25) is 0 Å². The second-order valence-electron chi connectivity index (χ2n) is 7.14. The van der Waals surface area contributed by atoms with Crippen molar-refractivity contribution in [1.29, 1.82) is 5.26 Å². The lowest BCUT2D eigenvalue weighted by atomic mass is 10.1. The molecule has 1 heterocycles. The summed E-state index contributed by atoms with van der Waals surface area (Å²) in [5.41, 5.74) is 6.54. The molecule has 0 aliphatic rings. The largest absolute Gasteiger partial charge is 0.321 e. The summed E-state index contributed by atoms with van der Waals surface area (Å²) in [6, 6.07) is 15.7. The number of hydrogen-bond acceptors (Lipinski definition) is 2. The van der Waals surface area contributed by atoms with Gasteiger partial charge in [-0.1, -0.05) is 6.07 Å². The van der Waals surface area contributed by atoms with Gasteiger partial charge in [0, 0.05) is 22.8 Å². The van der Waals surface area contributed by atoms with E-state index in [1.807, 2.05) is 26.0 Å². The summed E-state index contributed by atoms with van der Waals surface area (Å²) in [4.78, 5) is 12.5. The summed E-state index contributed by atoms with van der Waals surface area (Å²) < 4.78 is 15.1. The maximum Gasteiger partial charge on any atom is 0.266 e. The summed E-state index contributed by atoms with van der Waals surface area (Å²) >= 11 is 0. The third-order valence-corrected chi connectivity index (χ3v) is 4.70. The quantitative estimate of drug-likeness (QED) is 0.482. The minimum Gasteiger partial charge on any atom is -0.321 e. The summed E-state index contributed by atoms with van der Waals surface area (Å²) in [6.07, 6.45) is 1.58. The highest BCUT2D eigenvalue weighted by Crippen LogP contribution is 2.24. The molecular formula is C24H22FN3O. The van der Waals surface area contributed by atoms with E-state index in [1.54, 1.807) is 6.08 Å². The lowest BCUT2D eigenvalue weighted by Crippen LogP contribution is -2.13. The van der Waals surface area contributed by atoms with E-state index in [1.165, 1.54) is 35.4 Å². The van der Waals surface area contributed by atoms with Crippen molar-refractivity contribution in [3.05, 3.63) is 88.0 Å². The maximum absolute atomic E-state index is 13.0. The number of nitrogens with zero attached hydrogens (tertiary/aromatic N) is 2. The fourth-order valence-electron chi connectivity index (χ4n) is 3.45. The number of aryl methyl sites for hydroxylation is 3. The number of aromatic nitrogens is 1. The minimum atomic E-state index is -0.532. The number of carbonyl (C=O) groups excluding carboxylic acids is 1. The molecule has 1 N–H and O–H groups in total. The van der Waals surface area contributed by atoms with Crippen LogP contribution in [0.15, 0.2) is 54.1 Å². The molecule has 0 fully saturated rings. The molecule has 0 aliphatic heterocycles. The molecule has 0 saturated carbocycles. The van der Waals surface area contributed by atoms with Crippen LogP contribution in [0.1, 0.15) is 28.1 Å². The van der Waals surface area contributed by atoms with Crippen LogP contribution in [0.4, 0.5) is 10.1 Å². The summed E-state index contributed by atoms with van der Waals surface area (Å²) in [5, 5.41) is 12.1. The van der Waals surface area contributed by atoms with E-state index in [0.717, 1.165) is 22.6 Å². The van der Waals surface area contributed by atoms with E-state index in [-0.39, 0.29) is 5.57 Å². The van der Waals surface area contributed by atoms with Gasteiger partial charge in [-0.3, -0.25) is 4.79 Å². The molecule has 3 rings (SSSR count). The highest BCUT2D eigenvalue weighted by atomic mass is 19.1. The average Bonchev–Trinajstić information content (AvgIpc) is 2.94. The Hall–Kier alpha value is -3.65. The normalized spacial score (nSPS) is 11.2. The van der Waals surface area contributed by atoms with Gasteiger partial charge in [0.25, 0.3) is 5.91 Å². The molecular weight excluding hydrogens is 365 g/mol. The first-order chi connectivity index (χ1) is 13.8. The highest BCUT2D eigenvalue weighted by Gasteiger charge is 2.14. The van der Waals surface area contributed by atoms with Gasteiger partial charge in [-0.2, -0.15) is 5.26 Å². The van der Waals surface area contributed by atoms with Crippen LogP contribution in [0.3, 0.4) is 0 Å². The number of hydrogen-bond donors (Lipinski definition) is 1. The standard InChI is InChI=1S/C24H22FN3O/c1-15-9-16(2)11-23(10-15)28-17(3)12-19(18(28)4)13-20(14-26)24(29)27-22-7-5-21(25)6-8-22/h5-13H,1-4H3,(H,27,29)/b20-13-. The lowest BCUT2D eigenvalue weighted by molar-refractivity contribution is -0.112. The van der Waals surface area contributed by atoms with E-state index in [0.29, 0.717) is 5.69 Å². The zero-order chi connectivity index (χ0) is 21.1. The number of halogens is 1. The molecule has 0 saturated heterocycles. The van der Waals surface area contributed by atoms with Gasteiger partial charge in [-0.25, -0.2) is 4.39 Å². The van der Waals surface area contributed by atoms with Crippen molar-refractivity contribution in [2.75, 3.05) is 5.32 Å². The second kappa shape index (κ2) is 8.15. The van der Waals surface area contributed by atoms with Crippen LogP contribution in [0.25, 0.3) is 11.8 Å². The molecule has 0 bridgehead atoms. The first-order valence-electron chi connectivity index (χ1n) is 9.25. The smallest absolute Gasteiger partial charge is 0.266 e. The molecule has 3 aromatic rings. The van der Waals surface area contributed by atoms with Gasteiger partial charge in [0.05, 0.1) is 0 Å². The Balaban J connectivity index is 1.95. The molecule has 0 aliphatic carbocycles. The Kier molecular flexibility index (Phi) is 5.65. The second-order valence-corrected chi connectivity index (χ2v) is 7.14. The SMILES string of the molecule is Cc1cc(C)cc(-n2c(C)cc(/C=C(/C#N)C(=O)Nc3ccc(F)cc3)c2C)c1. The summed E-state index contributed by atoms with van der Waals surface area (Å²) in [5.74, 6) is -0.923. The minimum absolute atomic E-state index is 0.0185. The first-order valence-corrected chi connectivity index (χ1v) is 9.25. The number of rotatable bonds is 4. The first kappa shape index (κ1) is 20.1. The van der Waals surface area contributed by atoms with E-state index >= 15 is 0 Å². The van der Waals surface area contributed by atoms with Crippen LogP contribution in [0.5, 0.6) is 0 Å². The third-order valence-electron chi connectivity index (χ3n) is 4.70. The Morgan fingerprint density at radius 3 is 2.24 bits per heavy atom. The van der Waals surface area contributed by atoms with Gasteiger partial charge < -0.3 is 9.88 Å². The van der Waals surface area contributed by atoms with E-state index < -0.39 is 11.7 Å². The predicted molar refractivity (Wildman–Crippen MR) is 113 cm³/mol. The van der Waals surface area contributed by atoms with Gasteiger partial charge in [-0.05, 0) is 92.9 Å². The maximum atomic E-state index is 13.0. The summed E-state index contributed by atoms with van der Waals surface area (Å²) in [6.45, 7) is 8.06. The van der Waals surface area contributed by atoms with Crippen molar-refractivity contribution in [1.82, 2.24) is 4.57 Å². The van der Waals surface area contributed by atoms with Gasteiger partial charge >= 0.3 is 0 Å². The molecule has 0 radical (unpaired) electrons. The predicted octanol–water partition coefficient (Wildman–Crippen LogP) is 5.40. The Morgan fingerprint density at radius 1 is 1.03 bits per heavy atom. The van der Waals surface area contributed by atoms with Crippen molar-refractivity contribution in [3.8, 4) is 11.8 Å². The van der Waals surface area contributed by atoms with Crippen molar-refractivity contribution in [2.45, 2.75) is 27.7 Å². The topological polar surface area (TPSA) is 57.8 Å². The monoisotopic (exact) mass is 387 g/mol. The molecule has 2 aromatic carbocycles. The number of nitriles is 1. The van der Waals surface area contributed by atoms with Crippen molar-refractivity contribution in [2.24, 2.45) is 0 Å². The zero-order valence-corrected chi connectivity index (χ0v) is 16.9. The Bertz CT molecular complexity index is 1130. The van der Waals surface area contributed by atoms with Crippen LogP contribution in [-0.2, 0) is 4.79 Å². The van der Waals surface area contributed by atoms with Gasteiger partial charge in [0.1, 0.15) is 17.5 Å². The van der Waals surface area contributed by atoms with E-state index in [2.05, 4.69) is 41.9 Å². The molecule has 4 nitrogen and oxygen atoms in total. The highest BCUT2D eigenvalue weighted by molar-refractivity contribution is 6.09. The molecule has 5 heteroatoms. The van der Waals surface area contributed by atoms with Crippen LogP contribution in [0.2, 0.25) is 0 Å². The van der Waals surface area contributed by atoms with Crippen LogP contribution in [0, 0.1) is 44.8 Å². The van der Waals surface area contributed by atoms with Crippen molar-refractivity contribution in [3.63, 3.8) is 0 Å². The van der Waals surface area contributed by atoms with E-state index in [9.17, 15) is 14.4 Å². The molecule has 1 aromatic heterocycles. The molecule has 1 amide bonds. The van der Waals surface area contributed by atoms with Crippen molar-refractivity contribution < 1.29 is 9.18 Å². The van der Waals surface area contributed by atoms with Crippen LogP contribution in [-0.4, -0.2) is 10.5 Å². The van der Waals surface area contributed by atoms with Crippen LogP contribution < -0.4 is 5.32 Å². The number of nitrogens with one attached hydrogen (secondary N) is 1. The Labute approximate surface area is 169 Å². The number of benzene rings is 2. The van der Waals surface area contributed by atoms with E-state index in [4.69, 9.17) is 0 Å². The summed E-state index contributed by atoms with van der Waals surface area (Å²) in [7, 11) is 0. The van der Waals surface area contributed by atoms with Gasteiger partial charge in [0.15, 0.2) is 0 Å². The van der Waals surface area contributed by atoms with Gasteiger partial charge in [-0.15, -0.1) is 0 Å². The van der Waals surface area contributed by atoms with Crippen molar-refractivity contribution >= 4 is 17.7 Å². The molecule has 0 atom stereocenters. The average molecular weight is 387 g/mol. The molecule has 0 unspecified atom stereocenters. The number of carbonyl (C=O) groups is 1. The fourth-order valence-corrected chi connectivity index (χ4v) is 3.45. The third kappa shape index (κ3) is 4.44. The zero-order valence-electron chi connectivity index (χ0n) is 16.9. The number of amides is 1. The molecule has 0 spiro atoms. The Morgan fingerprint density at radius 2 is 1.66 bits per heavy atom. The lowest BCUT2D eigenvalue weighted by Gasteiger charge is -2.12. The fraction of sp³-hybridized carbons (Fsp3) is 0.167.